The second-order valence-electron chi connectivity index (χ2n) is 7.21. The van der Waals surface area contributed by atoms with E-state index in [0.29, 0.717) is 24.1 Å². The standard InChI is InChI=1S/C18H16N4O4.C7H7NO/c1-26-10-11-5-4-6-12(9-11)17(22(24)25)15(19)16-18(23)21-14-8-3-2-7-13(14)20-16;9-6-8-7-4-2-1-3-5-7/h2-9H,10,19H2,1H3,(H,21,23);1-6H,(H,8,9)/b17-15+;. The van der Waals surface area contributed by atoms with E-state index in [1.165, 1.54) is 7.11 Å². The SMILES string of the molecule is COCc1cccc(/C(=C(\N)c2nc3ccccc3[nH]c2=O)[N+](=O)[O-])c1.O=CNc1ccccc1. The molecule has 0 bridgehead atoms. The van der Waals surface area contributed by atoms with Crippen LogP contribution in [0.3, 0.4) is 0 Å². The van der Waals surface area contributed by atoms with E-state index in [1.807, 2.05) is 30.3 Å². The molecule has 3 aromatic carbocycles. The number of hydrogen-bond acceptors (Lipinski definition) is 7. The van der Waals surface area contributed by atoms with Gasteiger partial charge in [-0.1, -0.05) is 42.5 Å². The molecule has 0 aliphatic rings. The molecule has 1 amide bonds. The Morgan fingerprint density at radius 3 is 2.51 bits per heavy atom. The highest BCUT2D eigenvalue weighted by molar-refractivity contribution is 5.85. The average Bonchev–Trinajstić information content (AvgIpc) is 2.85. The van der Waals surface area contributed by atoms with Crippen molar-refractivity contribution in [3.05, 3.63) is 116 Å². The quantitative estimate of drug-likeness (QED) is 0.211. The van der Waals surface area contributed by atoms with Crippen molar-refractivity contribution in [2.24, 2.45) is 5.73 Å². The van der Waals surface area contributed by atoms with E-state index < -0.39 is 10.5 Å². The van der Waals surface area contributed by atoms with Gasteiger partial charge in [-0.2, -0.15) is 0 Å². The molecular weight excluding hydrogens is 450 g/mol. The third-order valence-corrected chi connectivity index (χ3v) is 4.80. The van der Waals surface area contributed by atoms with Crippen LogP contribution in [0.25, 0.3) is 22.4 Å². The van der Waals surface area contributed by atoms with E-state index in [4.69, 9.17) is 10.5 Å². The maximum atomic E-state index is 12.3. The minimum Gasteiger partial charge on any atom is -0.391 e. The number of para-hydroxylation sites is 3. The number of methoxy groups -OCH3 is 1. The van der Waals surface area contributed by atoms with Crippen molar-refractivity contribution in [1.82, 2.24) is 9.97 Å². The molecule has 35 heavy (non-hydrogen) atoms. The van der Waals surface area contributed by atoms with Gasteiger partial charge in [-0.25, -0.2) is 4.98 Å². The van der Waals surface area contributed by atoms with Gasteiger partial charge in [0, 0.05) is 12.8 Å². The number of aromatic amines is 1. The van der Waals surface area contributed by atoms with Gasteiger partial charge in [0.15, 0.2) is 5.69 Å². The number of aromatic nitrogens is 2. The van der Waals surface area contributed by atoms with Crippen molar-refractivity contribution in [2.75, 3.05) is 12.4 Å². The zero-order chi connectivity index (χ0) is 25.2. The highest BCUT2D eigenvalue weighted by atomic mass is 16.6. The van der Waals surface area contributed by atoms with E-state index in [1.54, 1.807) is 48.5 Å². The molecule has 0 unspecified atom stereocenters. The second-order valence-corrected chi connectivity index (χ2v) is 7.21. The molecule has 10 nitrogen and oxygen atoms in total. The Balaban J connectivity index is 0.000000320. The summed E-state index contributed by atoms with van der Waals surface area (Å²) >= 11 is 0. The molecule has 0 radical (unpaired) electrons. The molecule has 0 spiro atoms. The highest BCUT2D eigenvalue weighted by Gasteiger charge is 2.24. The average molecular weight is 473 g/mol. The van der Waals surface area contributed by atoms with Gasteiger partial charge in [-0.3, -0.25) is 19.7 Å². The van der Waals surface area contributed by atoms with Crippen LogP contribution in [-0.4, -0.2) is 28.4 Å². The van der Waals surface area contributed by atoms with Crippen molar-refractivity contribution in [3.63, 3.8) is 0 Å². The van der Waals surface area contributed by atoms with Crippen LogP contribution in [0.15, 0.2) is 83.7 Å². The lowest BCUT2D eigenvalue weighted by Gasteiger charge is -2.07. The molecule has 178 valence electrons. The van der Waals surface area contributed by atoms with Crippen LogP contribution in [0.1, 0.15) is 16.8 Å². The largest absolute Gasteiger partial charge is 0.391 e. The van der Waals surface area contributed by atoms with Gasteiger partial charge in [0.2, 0.25) is 6.41 Å². The smallest absolute Gasteiger partial charge is 0.301 e. The zero-order valence-corrected chi connectivity index (χ0v) is 18.8. The number of nitrogens with zero attached hydrogens (tertiary/aromatic N) is 2. The summed E-state index contributed by atoms with van der Waals surface area (Å²) in [6, 6.07) is 22.8. The number of carbonyl (C=O) groups is 1. The monoisotopic (exact) mass is 473 g/mol. The van der Waals surface area contributed by atoms with Gasteiger partial charge >= 0.3 is 5.70 Å². The first-order valence-electron chi connectivity index (χ1n) is 10.4. The lowest BCUT2D eigenvalue weighted by molar-refractivity contribution is -0.374. The highest BCUT2D eigenvalue weighted by Crippen LogP contribution is 2.23. The number of nitro groups is 1. The summed E-state index contributed by atoms with van der Waals surface area (Å²) < 4.78 is 5.05. The molecule has 0 aliphatic heterocycles. The predicted octanol–water partition coefficient (Wildman–Crippen LogP) is 3.39. The maximum absolute atomic E-state index is 12.3. The third-order valence-electron chi connectivity index (χ3n) is 4.80. The number of hydrogen-bond donors (Lipinski definition) is 3. The van der Waals surface area contributed by atoms with Gasteiger partial charge < -0.3 is 20.8 Å². The summed E-state index contributed by atoms with van der Waals surface area (Å²) in [5, 5.41) is 14.2. The number of benzene rings is 3. The number of nitrogens with one attached hydrogen (secondary N) is 2. The Labute approximate surface area is 200 Å². The van der Waals surface area contributed by atoms with Crippen molar-refractivity contribution in [2.45, 2.75) is 6.61 Å². The molecule has 0 saturated heterocycles. The van der Waals surface area contributed by atoms with Crippen molar-refractivity contribution >= 4 is 34.5 Å². The van der Waals surface area contributed by atoms with E-state index in [2.05, 4.69) is 15.3 Å². The number of carbonyl (C=O) groups excluding carboxylic acids is 1. The first-order chi connectivity index (χ1) is 16.9. The molecule has 0 saturated carbocycles. The lowest BCUT2D eigenvalue weighted by Crippen LogP contribution is -2.20. The van der Waals surface area contributed by atoms with Crippen LogP contribution in [0.4, 0.5) is 5.69 Å². The number of rotatable bonds is 7. The first-order valence-corrected chi connectivity index (χ1v) is 10.4. The van der Waals surface area contributed by atoms with Crippen LogP contribution < -0.4 is 16.6 Å². The maximum Gasteiger partial charge on any atom is 0.301 e. The van der Waals surface area contributed by atoms with E-state index in [-0.39, 0.29) is 22.7 Å². The molecule has 10 heteroatoms. The van der Waals surface area contributed by atoms with Crippen LogP contribution in [0, 0.1) is 10.1 Å². The van der Waals surface area contributed by atoms with Crippen molar-refractivity contribution in [1.29, 1.82) is 0 Å². The molecular formula is C25H23N5O5. The summed E-state index contributed by atoms with van der Waals surface area (Å²) in [6.07, 6.45) is 0.662. The van der Waals surface area contributed by atoms with Crippen LogP contribution in [0.2, 0.25) is 0 Å². The third kappa shape index (κ3) is 6.36. The first kappa shape index (κ1) is 24.8. The normalized spacial score (nSPS) is 11.1. The Morgan fingerprint density at radius 1 is 1.11 bits per heavy atom. The molecule has 0 aliphatic carbocycles. The van der Waals surface area contributed by atoms with Gasteiger partial charge in [0.1, 0.15) is 5.70 Å². The predicted molar refractivity (Wildman–Crippen MR) is 134 cm³/mol. The topological polar surface area (TPSA) is 153 Å². The van der Waals surface area contributed by atoms with Crippen molar-refractivity contribution < 1.29 is 14.5 Å². The summed E-state index contributed by atoms with van der Waals surface area (Å²) in [5.41, 5.74) is 7.42. The molecule has 4 rings (SSSR count). The number of fused-ring (bicyclic) bond motifs is 1. The summed E-state index contributed by atoms with van der Waals surface area (Å²) in [4.78, 5) is 40.1. The molecule has 0 atom stereocenters. The molecule has 1 heterocycles. The van der Waals surface area contributed by atoms with Crippen molar-refractivity contribution in [3.8, 4) is 0 Å². The summed E-state index contributed by atoms with van der Waals surface area (Å²) in [5.74, 6) is 0. The number of ether oxygens (including phenoxy) is 1. The Bertz CT molecular complexity index is 1420. The minimum atomic E-state index is -0.614. The van der Waals surface area contributed by atoms with Crippen LogP contribution in [-0.2, 0) is 16.1 Å². The number of H-pyrrole nitrogens is 1. The number of anilines is 1. The van der Waals surface area contributed by atoms with E-state index in [9.17, 15) is 19.7 Å². The van der Waals surface area contributed by atoms with Gasteiger partial charge in [-0.05, 0) is 42.0 Å². The number of amides is 1. The fraction of sp³-hybridized carbons (Fsp3) is 0.0800. The van der Waals surface area contributed by atoms with Crippen LogP contribution in [0.5, 0.6) is 0 Å². The van der Waals surface area contributed by atoms with Gasteiger partial charge in [-0.15, -0.1) is 0 Å². The van der Waals surface area contributed by atoms with Gasteiger partial charge in [0.25, 0.3) is 5.56 Å². The zero-order valence-electron chi connectivity index (χ0n) is 18.8. The lowest BCUT2D eigenvalue weighted by atomic mass is 10.1. The Morgan fingerprint density at radius 2 is 1.83 bits per heavy atom. The second kappa shape index (κ2) is 11.9. The molecule has 4 aromatic rings. The molecule has 1 aromatic heterocycles. The minimum absolute atomic E-state index is 0.187. The van der Waals surface area contributed by atoms with Gasteiger partial charge in [0.05, 0.1) is 28.1 Å². The Kier molecular flexibility index (Phi) is 8.41. The molecule has 4 N–H and O–H groups in total. The fourth-order valence-electron chi connectivity index (χ4n) is 3.26. The van der Waals surface area contributed by atoms with E-state index >= 15 is 0 Å². The number of nitrogens with two attached hydrogens (primary N) is 1. The summed E-state index contributed by atoms with van der Waals surface area (Å²) in [6.45, 7) is 0.299. The molecule has 0 fully saturated rings. The Hall–Kier alpha value is -4.83. The van der Waals surface area contributed by atoms with Crippen LogP contribution >= 0.6 is 0 Å². The fourth-order valence-corrected chi connectivity index (χ4v) is 3.26. The van der Waals surface area contributed by atoms with E-state index in [0.717, 1.165) is 11.3 Å². The summed E-state index contributed by atoms with van der Waals surface area (Å²) in [7, 11) is 1.53.